The number of thiazole rings is 1. The number of urea groups is 1. The summed E-state index contributed by atoms with van der Waals surface area (Å²) < 4.78 is 0.747. The molecule has 8 nitrogen and oxygen atoms in total. The first-order valence-corrected chi connectivity index (χ1v) is 12.4. The summed E-state index contributed by atoms with van der Waals surface area (Å²) in [7, 11) is 0. The topological polar surface area (TPSA) is 103 Å². The van der Waals surface area contributed by atoms with E-state index >= 15 is 0 Å². The number of benzene rings is 1. The van der Waals surface area contributed by atoms with Gasteiger partial charge >= 0.3 is 12.0 Å². The molecule has 1 saturated heterocycles. The fourth-order valence-electron chi connectivity index (χ4n) is 4.49. The molecule has 1 fully saturated rings. The first-order chi connectivity index (χ1) is 15.4. The van der Waals surface area contributed by atoms with Gasteiger partial charge in [0.25, 0.3) is 0 Å². The van der Waals surface area contributed by atoms with Crippen LogP contribution in [0.3, 0.4) is 0 Å². The van der Waals surface area contributed by atoms with Gasteiger partial charge in [0.1, 0.15) is 0 Å². The Balaban J connectivity index is 1.48. The number of hydrogen-bond donors (Lipinski definition) is 2. The standard InChI is InChI=1S/C22H26N4O4S2/c1-14(27)25-8-6-17(7-9-25)26(18-10-15-4-2-3-5-16(15)11-18)22(30)24-21-23-12-20(32-21)31-13-19(28)29/h2-5,12,17-18H,6-11,13H2,1H3,(H,28,29)(H,23,24,30). The van der Waals surface area contributed by atoms with Crippen LogP contribution < -0.4 is 5.32 Å². The van der Waals surface area contributed by atoms with E-state index < -0.39 is 5.97 Å². The van der Waals surface area contributed by atoms with E-state index in [0.717, 1.165) is 29.9 Å². The fourth-order valence-corrected chi connectivity index (χ4v) is 6.08. The van der Waals surface area contributed by atoms with Crippen LogP contribution in [-0.4, -0.2) is 68.7 Å². The zero-order chi connectivity index (χ0) is 22.7. The molecule has 0 spiro atoms. The second-order valence-corrected chi connectivity index (χ2v) is 10.4. The minimum absolute atomic E-state index is 0.0449. The predicted octanol–water partition coefficient (Wildman–Crippen LogP) is 3.33. The summed E-state index contributed by atoms with van der Waals surface area (Å²) in [6, 6.07) is 8.22. The number of nitrogens with one attached hydrogen (secondary N) is 1. The summed E-state index contributed by atoms with van der Waals surface area (Å²) in [6.07, 6.45) is 4.71. The highest BCUT2D eigenvalue weighted by molar-refractivity contribution is 8.01. The Morgan fingerprint density at radius 3 is 2.44 bits per heavy atom. The van der Waals surface area contributed by atoms with Gasteiger partial charge in [-0.15, -0.1) is 11.8 Å². The first kappa shape index (κ1) is 22.6. The number of carbonyl (C=O) groups is 3. The molecule has 2 aromatic rings. The average molecular weight is 475 g/mol. The Hall–Kier alpha value is -2.59. The molecule has 32 heavy (non-hydrogen) atoms. The lowest BCUT2D eigenvalue weighted by atomic mass is 10.00. The molecule has 0 atom stereocenters. The number of anilines is 1. The first-order valence-electron chi connectivity index (χ1n) is 10.6. The van der Waals surface area contributed by atoms with Crippen molar-refractivity contribution in [1.82, 2.24) is 14.8 Å². The van der Waals surface area contributed by atoms with Crippen LogP contribution in [0.1, 0.15) is 30.9 Å². The summed E-state index contributed by atoms with van der Waals surface area (Å²) >= 11 is 2.47. The molecular weight excluding hydrogens is 448 g/mol. The van der Waals surface area contributed by atoms with Crippen molar-refractivity contribution >= 4 is 46.1 Å². The van der Waals surface area contributed by atoms with Crippen LogP contribution in [0, 0.1) is 0 Å². The van der Waals surface area contributed by atoms with E-state index in [0.29, 0.717) is 18.2 Å². The van der Waals surface area contributed by atoms with Crippen molar-refractivity contribution in [3.05, 3.63) is 41.6 Å². The predicted molar refractivity (Wildman–Crippen MR) is 124 cm³/mol. The Bertz CT molecular complexity index is 978. The molecule has 170 valence electrons. The third kappa shape index (κ3) is 5.24. The average Bonchev–Trinajstić information content (AvgIpc) is 3.39. The van der Waals surface area contributed by atoms with Crippen molar-refractivity contribution in [2.45, 2.75) is 48.9 Å². The molecular formula is C22H26N4O4S2. The molecule has 0 radical (unpaired) electrons. The van der Waals surface area contributed by atoms with Crippen LogP contribution in [0.2, 0.25) is 0 Å². The van der Waals surface area contributed by atoms with Crippen LogP contribution in [0.15, 0.2) is 34.7 Å². The number of carboxylic acids is 1. The molecule has 2 N–H and O–H groups in total. The largest absolute Gasteiger partial charge is 0.481 e. The number of piperidine rings is 1. The number of aliphatic carboxylic acids is 1. The molecule has 1 aliphatic heterocycles. The Morgan fingerprint density at radius 2 is 1.84 bits per heavy atom. The number of fused-ring (bicyclic) bond motifs is 1. The molecule has 2 heterocycles. The summed E-state index contributed by atoms with van der Waals surface area (Å²) in [5.74, 6) is -0.865. The van der Waals surface area contributed by atoms with Gasteiger partial charge in [-0.3, -0.25) is 14.9 Å². The number of thioether (sulfide) groups is 1. The molecule has 1 aromatic heterocycles. The summed E-state index contributed by atoms with van der Waals surface area (Å²) in [4.78, 5) is 44.0. The van der Waals surface area contributed by atoms with Crippen molar-refractivity contribution < 1.29 is 19.5 Å². The summed E-state index contributed by atoms with van der Waals surface area (Å²) in [5, 5.41) is 12.3. The van der Waals surface area contributed by atoms with Gasteiger partial charge in [-0.2, -0.15) is 0 Å². The second kappa shape index (κ2) is 9.91. The van der Waals surface area contributed by atoms with Gasteiger partial charge in [0.05, 0.1) is 16.2 Å². The Morgan fingerprint density at radius 1 is 1.19 bits per heavy atom. The lowest BCUT2D eigenvalue weighted by molar-refractivity contribution is -0.134. The van der Waals surface area contributed by atoms with Crippen LogP contribution >= 0.6 is 23.1 Å². The van der Waals surface area contributed by atoms with Gasteiger partial charge < -0.3 is 14.9 Å². The summed E-state index contributed by atoms with van der Waals surface area (Å²) in [6.45, 7) is 2.88. The number of nitrogens with zero attached hydrogens (tertiary/aromatic N) is 3. The van der Waals surface area contributed by atoms with Crippen LogP contribution in [0.4, 0.5) is 9.93 Å². The molecule has 2 aliphatic rings. The maximum atomic E-state index is 13.4. The number of rotatable bonds is 6. The van der Waals surface area contributed by atoms with E-state index in [1.54, 1.807) is 13.1 Å². The number of likely N-dealkylation sites (tertiary alicyclic amines) is 1. The number of carbonyl (C=O) groups excluding carboxylic acids is 2. The molecule has 3 amide bonds. The number of hydrogen-bond acceptors (Lipinski definition) is 6. The molecule has 0 unspecified atom stereocenters. The van der Waals surface area contributed by atoms with Gasteiger partial charge in [-0.25, -0.2) is 9.78 Å². The van der Waals surface area contributed by atoms with Gasteiger partial charge in [0.15, 0.2) is 5.13 Å². The van der Waals surface area contributed by atoms with Crippen molar-refractivity contribution in [3.63, 3.8) is 0 Å². The highest BCUT2D eigenvalue weighted by Crippen LogP contribution is 2.32. The number of aromatic nitrogens is 1. The van der Waals surface area contributed by atoms with Crippen molar-refractivity contribution in [1.29, 1.82) is 0 Å². The monoisotopic (exact) mass is 474 g/mol. The van der Waals surface area contributed by atoms with E-state index in [4.69, 9.17) is 5.11 Å². The van der Waals surface area contributed by atoms with Crippen molar-refractivity contribution in [3.8, 4) is 0 Å². The van der Waals surface area contributed by atoms with Crippen LogP contribution in [0.5, 0.6) is 0 Å². The van der Waals surface area contributed by atoms with Crippen LogP contribution in [-0.2, 0) is 22.4 Å². The van der Waals surface area contributed by atoms with Gasteiger partial charge in [0, 0.05) is 32.1 Å². The van der Waals surface area contributed by atoms with E-state index in [1.807, 2.05) is 21.9 Å². The van der Waals surface area contributed by atoms with Gasteiger partial charge in [-0.05, 0) is 36.8 Å². The van der Waals surface area contributed by atoms with E-state index in [-0.39, 0.29) is 29.8 Å². The minimum atomic E-state index is -0.891. The third-order valence-electron chi connectivity index (χ3n) is 6.00. The zero-order valence-corrected chi connectivity index (χ0v) is 19.5. The molecule has 0 bridgehead atoms. The summed E-state index contributed by atoms with van der Waals surface area (Å²) in [5.41, 5.74) is 2.55. The maximum absolute atomic E-state index is 13.4. The van der Waals surface area contributed by atoms with Crippen molar-refractivity contribution in [2.75, 3.05) is 24.2 Å². The zero-order valence-electron chi connectivity index (χ0n) is 17.8. The molecule has 0 saturated carbocycles. The lowest BCUT2D eigenvalue weighted by Crippen LogP contribution is -2.54. The maximum Gasteiger partial charge on any atom is 0.324 e. The third-order valence-corrected chi connectivity index (χ3v) is 8.09. The van der Waals surface area contributed by atoms with E-state index in [1.165, 1.54) is 34.2 Å². The van der Waals surface area contributed by atoms with Crippen LogP contribution in [0.25, 0.3) is 0 Å². The quantitative estimate of drug-likeness (QED) is 0.623. The highest BCUT2D eigenvalue weighted by Gasteiger charge is 2.37. The molecule has 10 heteroatoms. The normalized spacial score (nSPS) is 16.6. The highest BCUT2D eigenvalue weighted by atomic mass is 32.2. The fraction of sp³-hybridized carbons (Fsp3) is 0.455. The molecule has 1 aromatic carbocycles. The Kier molecular flexibility index (Phi) is 7.00. The van der Waals surface area contributed by atoms with Gasteiger partial charge in [-0.1, -0.05) is 35.6 Å². The second-order valence-electron chi connectivity index (χ2n) is 8.07. The smallest absolute Gasteiger partial charge is 0.324 e. The minimum Gasteiger partial charge on any atom is -0.481 e. The van der Waals surface area contributed by atoms with E-state index in [9.17, 15) is 14.4 Å². The van der Waals surface area contributed by atoms with Gasteiger partial charge in [0.2, 0.25) is 5.91 Å². The number of carboxylic acid groups (broad SMARTS) is 1. The van der Waals surface area contributed by atoms with Crippen molar-refractivity contribution in [2.24, 2.45) is 0 Å². The lowest BCUT2D eigenvalue weighted by Gasteiger charge is -2.41. The molecule has 1 aliphatic carbocycles. The Labute approximate surface area is 195 Å². The van der Waals surface area contributed by atoms with E-state index in [2.05, 4.69) is 22.4 Å². The number of amides is 3. The molecule has 4 rings (SSSR count). The SMILES string of the molecule is CC(=O)N1CCC(N(C(=O)Nc2ncc(SCC(=O)O)s2)C2Cc3ccccc3C2)CC1.